The molecule has 25 heavy (non-hydrogen) atoms. The maximum Gasteiger partial charge on any atom is 0.265 e. The normalized spacial score (nSPS) is 13.2. The minimum Gasteiger partial charge on any atom is -0.482 e. The summed E-state index contributed by atoms with van der Waals surface area (Å²) in [4.78, 5) is 25.8. The molecule has 2 aromatic carbocycles. The molecular weight excluding hydrogens is 323 g/mol. The van der Waals surface area contributed by atoms with Crippen molar-refractivity contribution in [3.05, 3.63) is 53.8 Å². The number of anilines is 2. The lowest BCUT2D eigenvalue weighted by atomic mass is 10.1. The number of hydrogen-bond donors (Lipinski definition) is 1. The molecule has 0 saturated carbocycles. The Morgan fingerprint density at radius 2 is 2.12 bits per heavy atom. The maximum atomic E-state index is 13.1. The molecule has 1 heterocycles. The van der Waals surface area contributed by atoms with E-state index in [1.807, 2.05) is 25.1 Å². The molecule has 0 bridgehead atoms. The van der Waals surface area contributed by atoms with Crippen molar-refractivity contribution in [3.63, 3.8) is 0 Å². The highest BCUT2D eigenvalue weighted by Gasteiger charge is 2.25. The third kappa shape index (κ3) is 4.15. The summed E-state index contributed by atoms with van der Waals surface area (Å²) in [5.74, 6) is -0.0579. The van der Waals surface area contributed by atoms with Gasteiger partial charge in [0.25, 0.3) is 5.91 Å². The van der Waals surface area contributed by atoms with E-state index in [0.717, 1.165) is 11.3 Å². The van der Waals surface area contributed by atoms with Crippen molar-refractivity contribution in [2.24, 2.45) is 0 Å². The van der Waals surface area contributed by atoms with Gasteiger partial charge in [0.05, 0.1) is 5.69 Å². The summed E-state index contributed by atoms with van der Waals surface area (Å²) in [7, 11) is 0. The topological polar surface area (TPSA) is 58.6 Å². The van der Waals surface area contributed by atoms with Crippen LogP contribution in [0.25, 0.3) is 0 Å². The van der Waals surface area contributed by atoms with Gasteiger partial charge in [0.15, 0.2) is 6.61 Å². The van der Waals surface area contributed by atoms with Crippen molar-refractivity contribution in [1.29, 1.82) is 0 Å². The molecule has 130 valence electrons. The third-order valence-electron chi connectivity index (χ3n) is 3.95. The van der Waals surface area contributed by atoms with Crippen LogP contribution in [0.4, 0.5) is 15.8 Å². The molecule has 2 amide bonds. The fourth-order valence-corrected chi connectivity index (χ4v) is 2.74. The number of amides is 2. The van der Waals surface area contributed by atoms with Crippen LogP contribution < -0.4 is 15.0 Å². The lowest BCUT2D eigenvalue weighted by Crippen LogP contribution is -2.39. The van der Waals surface area contributed by atoms with Gasteiger partial charge in [0.2, 0.25) is 5.91 Å². The predicted octanol–water partition coefficient (Wildman–Crippen LogP) is 3.28. The van der Waals surface area contributed by atoms with Gasteiger partial charge in [-0.25, -0.2) is 4.39 Å². The van der Waals surface area contributed by atoms with Crippen molar-refractivity contribution < 1.29 is 18.7 Å². The van der Waals surface area contributed by atoms with Gasteiger partial charge in [0, 0.05) is 18.7 Å². The molecule has 1 aliphatic rings. The van der Waals surface area contributed by atoms with Crippen LogP contribution in [-0.4, -0.2) is 25.0 Å². The van der Waals surface area contributed by atoms with Gasteiger partial charge in [-0.3, -0.25) is 9.59 Å². The Balaban J connectivity index is 1.57. The van der Waals surface area contributed by atoms with Gasteiger partial charge in [-0.2, -0.15) is 0 Å². The smallest absolute Gasteiger partial charge is 0.265 e. The number of rotatable bonds is 5. The number of aryl methyl sites for hydroxylation is 1. The molecule has 0 radical (unpaired) electrons. The molecule has 0 aromatic heterocycles. The predicted molar refractivity (Wildman–Crippen MR) is 93.3 cm³/mol. The first-order chi connectivity index (χ1) is 12.0. The molecule has 1 N–H and O–H groups in total. The molecule has 5 nitrogen and oxygen atoms in total. The Hall–Kier alpha value is -2.89. The first-order valence-corrected chi connectivity index (χ1v) is 8.12. The zero-order chi connectivity index (χ0) is 17.8. The van der Waals surface area contributed by atoms with Crippen molar-refractivity contribution in [3.8, 4) is 5.75 Å². The number of fused-ring (bicyclic) bond motifs is 1. The lowest BCUT2D eigenvalue weighted by Gasteiger charge is -2.29. The van der Waals surface area contributed by atoms with Gasteiger partial charge in [-0.15, -0.1) is 0 Å². The van der Waals surface area contributed by atoms with Crippen LogP contribution in [0.15, 0.2) is 42.5 Å². The van der Waals surface area contributed by atoms with E-state index in [9.17, 15) is 14.0 Å². The summed E-state index contributed by atoms with van der Waals surface area (Å²) in [5, 5.41) is 2.65. The van der Waals surface area contributed by atoms with Gasteiger partial charge < -0.3 is 15.0 Å². The molecule has 0 atom stereocenters. The second kappa shape index (κ2) is 7.34. The van der Waals surface area contributed by atoms with Crippen LogP contribution in [0.2, 0.25) is 0 Å². The monoisotopic (exact) mass is 342 g/mol. The van der Waals surface area contributed by atoms with Crippen LogP contribution >= 0.6 is 0 Å². The second-order valence-electron chi connectivity index (χ2n) is 5.97. The molecule has 0 saturated heterocycles. The van der Waals surface area contributed by atoms with E-state index in [4.69, 9.17) is 4.74 Å². The van der Waals surface area contributed by atoms with Gasteiger partial charge in [-0.1, -0.05) is 12.1 Å². The number of nitrogens with one attached hydrogen (secondary N) is 1. The molecule has 0 fully saturated rings. The fourth-order valence-electron chi connectivity index (χ4n) is 2.74. The summed E-state index contributed by atoms with van der Waals surface area (Å²) < 4.78 is 18.6. The molecule has 0 spiro atoms. The van der Waals surface area contributed by atoms with Gasteiger partial charge in [-0.05, 0) is 49.2 Å². The van der Waals surface area contributed by atoms with Gasteiger partial charge >= 0.3 is 0 Å². The Labute approximate surface area is 145 Å². The van der Waals surface area contributed by atoms with Crippen LogP contribution in [-0.2, 0) is 9.59 Å². The number of hydrogen-bond acceptors (Lipinski definition) is 3. The number of nitrogens with zero attached hydrogens (tertiary/aromatic N) is 1. The largest absolute Gasteiger partial charge is 0.482 e. The molecular formula is C19H19FN2O3. The Kier molecular flexibility index (Phi) is 4.97. The van der Waals surface area contributed by atoms with Crippen LogP contribution in [0.3, 0.4) is 0 Å². The average Bonchev–Trinajstić information content (AvgIpc) is 2.57. The van der Waals surface area contributed by atoms with Crippen LogP contribution in [0, 0.1) is 12.7 Å². The molecule has 1 aliphatic heterocycles. The van der Waals surface area contributed by atoms with Crippen molar-refractivity contribution in [1.82, 2.24) is 0 Å². The van der Waals surface area contributed by atoms with E-state index in [1.165, 1.54) is 18.2 Å². The minimum absolute atomic E-state index is 0.00551. The van der Waals surface area contributed by atoms with Crippen molar-refractivity contribution in [2.45, 2.75) is 19.8 Å². The third-order valence-corrected chi connectivity index (χ3v) is 3.95. The standard InChI is InChI=1S/C19H19FN2O3/c1-13-7-8-17-16(10-13)22(19(24)12-25-17)9-3-6-18(23)21-15-5-2-4-14(20)11-15/h2,4-5,7-8,10-11H,3,6,9,12H2,1H3,(H,21,23). The summed E-state index contributed by atoms with van der Waals surface area (Å²) in [6, 6.07) is 11.4. The van der Waals surface area contributed by atoms with E-state index in [1.54, 1.807) is 11.0 Å². The van der Waals surface area contributed by atoms with Crippen LogP contribution in [0.5, 0.6) is 5.75 Å². The highest BCUT2D eigenvalue weighted by molar-refractivity contribution is 5.98. The zero-order valence-corrected chi connectivity index (χ0v) is 13.9. The van der Waals surface area contributed by atoms with Gasteiger partial charge in [0.1, 0.15) is 11.6 Å². The zero-order valence-electron chi connectivity index (χ0n) is 13.9. The van der Waals surface area contributed by atoms with E-state index < -0.39 is 5.82 Å². The molecule has 2 aromatic rings. The van der Waals surface area contributed by atoms with E-state index in [-0.39, 0.29) is 24.8 Å². The molecule has 6 heteroatoms. The van der Waals surface area contributed by atoms with Crippen LogP contribution in [0.1, 0.15) is 18.4 Å². The summed E-state index contributed by atoms with van der Waals surface area (Å²) in [6.45, 7) is 2.38. The molecule has 0 aliphatic carbocycles. The Bertz CT molecular complexity index is 807. The fraction of sp³-hybridized carbons (Fsp3) is 0.263. The van der Waals surface area contributed by atoms with E-state index in [0.29, 0.717) is 24.4 Å². The first kappa shape index (κ1) is 17.0. The highest BCUT2D eigenvalue weighted by atomic mass is 19.1. The number of carbonyl (C=O) groups is 2. The molecule has 3 rings (SSSR count). The Morgan fingerprint density at radius 3 is 2.92 bits per heavy atom. The summed E-state index contributed by atoms with van der Waals surface area (Å²) >= 11 is 0. The number of halogens is 1. The average molecular weight is 342 g/mol. The molecule has 0 unspecified atom stereocenters. The van der Waals surface area contributed by atoms with E-state index in [2.05, 4.69) is 5.32 Å². The first-order valence-electron chi connectivity index (χ1n) is 8.12. The number of benzene rings is 2. The van der Waals surface area contributed by atoms with Crippen molar-refractivity contribution in [2.75, 3.05) is 23.4 Å². The number of carbonyl (C=O) groups excluding carboxylic acids is 2. The lowest BCUT2D eigenvalue weighted by molar-refractivity contribution is -0.121. The highest BCUT2D eigenvalue weighted by Crippen LogP contribution is 2.32. The minimum atomic E-state index is -0.399. The van der Waals surface area contributed by atoms with E-state index >= 15 is 0 Å². The summed E-state index contributed by atoms with van der Waals surface area (Å²) in [5.41, 5.74) is 2.20. The number of ether oxygens (including phenoxy) is 1. The quantitative estimate of drug-likeness (QED) is 0.907. The maximum absolute atomic E-state index is 13.1. The second-order valence-corrected chi connectivity index (χ2v) is 5.97. The summed E-state index contributed by atoms with van der Waals surface area (Å²) in [6.07, 6.45) is 0.739. The SMILES string of the molecule is Cc1ccc2c(c1)N(CCCC(=O)Nc1cccc(F)c1)C(=O)CO2. The van der Waals surface area contributed by atoms with Crippen molar-refractivity contribution >= 4 is 23.2 Å². The Morgan fingerprint density at radius 1 is 1.28 bits per heavy atom.